The third-order valence-electron chi connectivity index (χ3n) is 6.40. The van der Waals surface area contributed by atoms with Crippen molar-refractivity contribution in [2.45, 2.75) is 89.6 Å². The summed E-state index contributed by atoms with van der Waals surface area (Å²) in [5, 5.41) is 13.8. The van der Waals surface area contributed by atoms with Gasteiger partial charge in [0.05, 0.1) is 0 Å². The number of rotatable bonds is 16. The maximum Gasteiger partial charge on any atom is 0.266 e. The van der Waals surface area contributed by atoms with Crippen LogP contribution in [-0.4, -0.2) is 64.6 Å². The molecule has 0 spiro atoms. The van der Waals surface area contributed by atoms with Crippen LogP contribution in [0.1, 0.15) is 76.7 Å². The minimum absolute atomic E-state index is 0.142. The molecular formula is C26H42N4O4. The Balaban J connectivity index is 2.06. The highest BCUT2D eigenvalue weighted by atomic mass is 16.5. The number of nitrogens with two attached hydrogens (primary N) is 1. The fourth-order valence-corrected chi connectivity index (χ4v) is 4.41. The first-order chi connectivity index (χ1) is 16.5. The Labute approximate surface area is 203 Å². The van der Waals surface area contributed by atoms with Crippen molar-refractivity contribution in [1.29, 1.82) is 0 Å². The SMILES string of the molecule is CCCCCCCCC[C@H](CC(=O)NCCCN)N1CC(=O)N(O)[C@@H](Cc2ccccc2)C1=O. The van der Waals surface area contributed by atoms with Crippen molar-refractivity contribution in [1.82, 2.24) is 15.3 Å². The van der Waals surface area contributed by atoms with Gasteiger partial charge in [-0.1, -0.05) is 82.2 Å². The van der Waals surface area contributed by atoms with Crippen LogP contribution in [0.5, 0.6) is 0 Å². The van der Waals surface area contributed by atoms with Crippen LogP contribution in [0, 0.1) is 0 Å². The first-order valence-corrected chi connectivity index (χ1v) is 12.8. The van der Waals surface area contributed by atoms with Crippen LogP contribution in [0.3, 0.4) is 0 Å². The Hall–Kier alpha value is -2.45. The molecule has 0 unspecified atom stereocenters. The van der Waals surface area contributed by atoms with E-state index in [9.17, 15) is 19.6 Å². The second-order valence-corrected chi connectivity index (χ2v) is 9.17. The number of benzene rings is 1. The monoisotopic (exact) mass is 474 g/mol. The van der Waals surface area contributed by atoms with Crippen LogP contribution >= 0.6 is 0 Å². The predicted octanol–water partition coefficient (Wildman–Crippen LogP) is 3.02. The van der Waals surface area contributed by atoms with Crippen LogP contribution in [0.25, 0.3) is 0 Å². The fourth-order valence-electron chi connectivity index (χ4n) is 4.41. The van der Waals surface area contributed by atoms with E-state index >= 15 is 0 Å². The summed E-state index contributed by atoms with van der Waals surface area (Å²) in [5.74, 6) is -0.977. The molecule has 1 saturated heterocycles. The molecule has 0 bridgehead atoms. The Bertz CT molecular complexity index is 758. The molecule has 1 aliphatic heterocycles. The minimum Gasteiger partial charge on any atom is -0.356 e. The molecule has 1 aliphatic rings. The standard InChI is InChI=1S/C26H42N4O4/c1-2-3-4-5-6-7-11-15-22(19-24(31)28-17-12-16-27)29-20-25(32)30(34)23(26(29)33)18-21-13-9-8-10-14-21/h8-10,13-14,22-23,34H,2-7,11-12,15-20,27H2,1H3,(H,28,31)/t22-,23+/m1/s1. The van der Waals surface area contributed by atoms with Gasteiger partial charge in [0, 0.05) is 25.4 Å². The van der Waals surface area contributed by atoms with E-state index in [0.717, 1.165) is 24.8 Å². The Morgan fingerprint density at radius 3 is 2.44 bits per heavy atom. The largest absolute Gasteiger partial charge is 0.356 e. The van der Waals surface area contributed by atoms with Crippen LogP contribution in [-0.2, 0) is 20.8 Å². The first-order valence-electron chi connectivity index (χ1n) is 12.8. The molecule has 34 heavy (non-hydrogen) atoms. The molecule has 1 aromatic rings. The average Bonchev–Trinajstić information content (AvgIpc) is 2.83. The minimum atomic E-state index is -0.986. The zero-order valence-corrected chi connectivity index (χ0v) is 20.6. The van der Waals surface area contributed by atoms with E-state index in [1.807, 2.05) is 30.3 Å². The lowest BCUT2D eigenvalue weighted by molar-refractivity contribution is -0.195. The lowest BCUT2D eigenvalue weighted by atomic mass is 9.97. The zero-order valence-electron chi connectivity index (χ0n) is 20.6. The van der Waals surface area contributed by atoms with Crippen LogP contribution in [0.4, 0.5) is 0 Å². The van der Waals surface area contributed by atoms with Crippen molar-refractivity contribution in [3.8, 4) is 0 Å². The molecule has 2 atom stereocenters. The molecule has 2 rings (SSSR count). The van der Waals surface area contributed by atoms with Gasteiger partial charge < -0.3 is 16.0 Å². The van der Waals surface area contributed by atoms with Gasteiger partial charge in [0.15, 0.2) is 0 Å². The summed E-state index contributed by atoms with van der Waals surface area (Å²) >= 11 is 0. The maximum absolute atomic E-state index is 13.4. The number of hydroxylamine groups is 2. The van der Waals surface area contributed by atoms with E-state index in [1.165, 1.54) is 30.6 Å². The summed E-state index contributed by atoms with van der Waals surface area (Å²) in [7, 11) is 0. The van der Waals surface area contributed by atoms with Gasteiger partial charge in [-0.15, -0.1) is 0 Å². The molecule has 1 fully saturated rings. The molecule has 0 aromatic heterocycles. The third kappa shape index (κ3) is 9.06. The van der Waals surface area contributed by atoms with Crippen molar-refractivity contribution in [2.75, 3.05) is 19.6 Å². The summed E-state index contributed by atoms with van der Waals surface area (Å²) in [4.78, 5) is 40.1. The van der Waals surface area contributed by atoms with E-state index < -0.39 is 11.9 Å². The van der Waals surface area contributed by atoms with Gasteiger partial charge in [-0.05, 0) is 24.9 Å². The van der Waals surface area contributed by atoms with Gasteiger partial charge in [0.25, 0.3) is 5.91 Å². The normalized spacial score (nSPS) is 17.2. The molecular weight excluding hydrogens is 432 g/mol. The van der Waals surface area contributed by atoms with E-state index in [-0.39, 0.29) is 37.2 Å². The van der Waals surface area contributed by atoms with Gasteiger partial charge in [0.1, 0.15) is 12.6 Å². The summed E-state index contributed by atoms with van der Waals surface area (Å²) in [5.41, 5.74) is 6.37. The van der Waals surface area contributed by atoms with Gasteiger partial charge in [-0.25, -0.2) is 5.06 Å². The van der Waals surface area contributed by atoms with Gasteiger partial charge in [-0.3, -0.25) is 19.6 Å². The molecule has 8 heteroatoms. The van der Waals surface area contributed by atoms with Crippen LogP contribution in [0.15, 0.2) is 30.3 Å². The number of piperazine rings is 1. The van der Waals surface area contributed by atoms with Crippen molar-refractivity contribution >= 4 is 17.7 Å². The van der Waals surface area contributed by atoms with E-state index in [2.05, 4.69) is 12.2 Å². The second kappa shape index (κ2) is 15.5. The quantitative estimate of drug-likeness (QED) is 0.252. The fraction of sp³-hybridized carbons (Fsp3) is 0.654. The molecule has 0 saturated carbocycles. The van der Waals surface area contributed by atoms with Gasteiger partial charge in [0.2, 0.25) is 11.8 Å². The molecule has 8 nitrogen and oxygen atoms in total. The van der Waals surface area contributed by atoms with Crippen molar-refractivity contribution in [2.24, 2.45) is 5.73 Å². The topological polar surface area (TPSA) is 116 Å². The summed E-state index contributed by atoms with van der Waals surface area (Å²) in [6, 6.07) is 7.97. The number of carbonyl (C=O) groups excluding carboxylic acids is 3. The number of nitrogens with zero attached hydrogens (tertiary/aromatic N) is 2. The number of hydrogen-bond acceptors (Lipinski definition) is 5. The van der Waals surface area contributed by atoms with Gasteiger partial charge in [-0.2, -0.15) is 0 Å². The number of carbonyl (C=O) groups is 3. The molecule has 1 aromatic carbocycles. The number of amides is 3. The predicted molar refractivity (Wildman–Crippen MR) is 132 cm³/mol. The molecule has 190 valence electrons. The van der Waals surface area contributed by atoms with Crippen molar-refractivity contribution < 1.29 is 19.6 Å². The number of hydrogen-bond donors (Lipinski definition) is 3. The van der Waals surface area contributed by atoms with Crippen LogP contribution < -0.4 is 11.1 Å². The van der Waals surface area contributed by atoms with Gasteiger partial charge >= 0.3 is 0 Å². The number of nitrogens with one attached hydrogen (secondary N) is 1. The van der Waals surface area contributed by atoms with E-state index in [1.54, 1.807) is 0 Å². The summed E-state index contributed by atoms with van der Waals surface area (Å²) in [6.07, 6.45) is 9.64. The molecule has 3 amide bonds. The molecule has 0 radical (unpaired) electrons. The lowest BCUT2D eigenvalue weighted by Gasteiger charge is -2.40. The molecule has 4 N–H and O–H groups in total. The summed E-state index contributed by atoms with van der Waals surface area (Å²) in [6.45, 7) is 2.97. The smallest absolute Gasteiger partial charge is 0.266 e. The Morgan fingerprint density at radius 2 is 1.76 bits per heavy atom. The van der Waals surface area contributed by atoms with Crippen LogP contribution in [0.2, 0.25) is 0 Å². The highest BCUT2D eigenvalue weighted by Gasteiger charge is 2.42. The number of unbranched alkanes of at least 4 members (excludes halogenated alkanes) is 6. The Morgan fingerprint density at radius 1 is 1.09 bits per heavy atom. The second-order valence-electron chi connectivity index (χ2n) is 9.17. The average molecular weight is 475 g/mol. The van der Waals surface area contributed by atoms with Crippen molar-refractivity contribution in [3.63, 3.8) is 0 Å². The van der Waals surface area contributed by atoms with E-state index in [0.29, 0.717) is 31.0 Å². The highest BCUT2D eigenvalue weighted by molar-refractivity contribution is 5.95. The summed E-state index contributed by atoms with van der Waals surface area (Å²) < 4.78 is 0. The lowest BCUT2D eigenvalue weighted by Crippen LogP contribution is -2.62. The molecule has 0 aliphatic carbocycles. The third-order valence-corrected chi connectivity index (χ3v) is 6.40. The molecule has 1 heterocycles. The van der Waals surface area contributed by atoms with Crippen molar-refractivity contribution in [3.05, 3.63) is 35.9 Å². The zero-order chi connectivity index (χ0) is 24.8. The highest BCUT2D eigenvalue weighted by Crippen LogP contribution is 2.22. The Kier molecular flexibility index (Phi) is 12.6. The maximum atomic E-state index is 13.4. The van der Waals surface area contributed by atoms with E-state index in [4.69, 9.17) is 5.73 Å². The first kappa shape index (κ1) is 27.8.